The molecule has 0 aliphatic heterocycles. The van der Waals surface area contributed by atoms with Crippen LogP contribution in [0.3, 0.4) is 0 Å². The van der Waals surface area contributed by atoms with Crippen LogP contribution in [0.1, 0.15) is 40.0 Å². The molecule has 0 spiro atoms. The van der Waals surface area contributed by atoms with Crippen molar-refractivity contribution in [3.05, 3.63) is 0 Å². The van der Waals surface area contributed by atoms with Crippen molar-refractivity contribution in [3.63, 3.8) is 0 Å². The van der Waals surface area contributed by atoms with Gasteiger partial charge in [-0.05, 0) is 13.3 Å². The summed E-state index contributed by atoms with van der Waals surface area (Å²) in [5.74, 6) is 0.0479. The first kappa shape index (κ1) is 15.7. The predicted molar refractivity (Wildman–Crippen MR) is 66.8 cm³/mol. The van der Waals surface area contributed by atoms with Crippen LogP contribution >= 0.6 is 0 Å². The fourth-order valence-corrected chi connectivity index (χ4v) is 1.45. The lowest BCUT2D eigenvalue weighted by Gasteiger charge is -2.20. The van der Waals surface area contributed by atoms with Crippen molar-refractivity contribution in [2.45, 2.75) is 40.0 Å². The summed E-state index contributed by atoms with van der Waals surface area (Å²) in [7, 11) is 0. The molecule has 0 fully saturated rings. The van der Waals surface area contributed by atoms with Crippen LogP contribution in [0.5, 0.6) is 0 Å². The number of amides is 2. The van der Waals surface area contributed by atoms with E-state index < -0.39 is 6.09 Å². The van der Waals surface area contributed by atoms with Gasteiger partial charge in [-0.25, -0.2) is 4.79 Å². The Balaban J connectivity index is 3.77. The van der Waals surface area contributed by atoms with E-state index in [0.29, 0.717) is 19.7 Å². The lowest BCUT2D eigenvalue weighted by Crippen LogP contribution is -2.38. The number of nitrogens with one attached hydrogen (secondary N) is 1. The molecule has 5 nitrogen and oxygen atoms in total. The Bertz CT molecular complexity index is 232. The van der Waals surface area contributed by atoms with Crippen LogP contribution in [0.25, 0.3) is 0 Å². The number of unbranched alkanes of at least 4 members (excludes halogenated alkanes) is 2. The highest BCUT2D eigenvalue weighted by Gasteiger charge is 2.08. The fraction of sp³-hybridized carbons (Fsp3) is 0.833. The molecule has 0 saturated heterocycles. The van der Waals surface area contributed by atoms with E-state index in [1.54, 1.807) is 18.7 Å². The summed E-state index contributed by atoms with van der Waals surface area (Å²) in [6.45, 7) is 7.53. The van der Waals surface area contributed by atoms with E-state index in [4.69, 9.17) is 4.74 Å². The van der Waals surface area contributed by atoms with Crippen molar-refractivity contribution in [2.24, 2.45) is 0 Å². The Labute approximate surface area is 103 Å². The summed E-state index contributed by atoms with van der Waals surface area (Å²) in [4.78, 5) is 24.1. The standard InChI is InChI=1S/C12H24N2O3/c1-4-6-7-9-14(11(3)15)10-8-13-12(16)17-5-2/h4-10H2,1-3H3,(H,13,16). The molecule has 0 aromatic heterocycles. The third-order valence-corrected chi connectivity index (χ3v) is 2.40. The number of carbonyl (C=O) groups excluding carboxylic acids is 2. The molecule has 0 saturated carbocycles. The molecule has 0 heterocycles. The van der Waals surface area contributed by atoms with E-state index in [1.807, 2.05) is 0 Å². The molecule has 0 aliphatic carbocycles. The molecule has 0 radical (unpaired) electrons. The first-order valence-corrected chi connectivity index (χ1v) is 6.27. The molecule has 0 aromatic carbocycles. The van der Waals surface area contributed by atoms with Gasteiger partial charge in [0.15, 0.2) is 0 Å². The second-order valence-corrected chi connectivity index (χ2v) is 3.86. The van der Waals surface area contributed by atoms with E-state index in [9.17, 15) is 9.59 Å². The monoisotopic (exact) mass is 244 g/mol. The highest BCUT2D eigenvalue weighted by molar-refractivity contribution is 5.73. The van der Waals surface area contributed by atoms with E-state index in [0.717, 1.165) is 25.8 Å². The van der Waals surface area contributed by atoms with E-state index in [2.05, 4.69) is 12.2 Å². The Morgan fingerprint density at radius 1 is 1.18 bits per heavy atom. The summed E-state index contributed by atoms with van der Waals surface area (Å²) in [6.07, 6.45) is 2.83. The molecule has 2 amide bonds. The lowest BCUT2D eigenvalue weighted by atomic mass is 10.2. The van der Waals surface area contributed by atoms with Gasteiger partial charge >= 0.3 is 6.09 Å². The molecular weight excluding hydrogens is 220 g/mol. The van der Waals surface area contributed by atoms with Gasteiger partial charge in [0.25, 0.3) is 0 Å². The number of carbonyl (C=O) groups is 2. The molecule has 100 valence electrons. The van der Waals surface area contributed by atoms with Crippen molar-refractivity contribution >= 4 is 12.0 Å². The van der Waals surface area contributed by atoms with E-state index in [1.165, 1.54) is 0 Å². The van der Waals surface area contributed by atoms with Gasteiger partial charge in [-0.15, -0.1) is 0 Å². The first-order valence-electron chi connectivity index (χ1n) is 6.27. The van der Waals surface area contributed by atoms with Gasteiger partial charge < -0.3 is 15.0 Å². The molecule has 17 heavy (non-hydrogen) atoms. The largest absolute Gasteiger partial charge is 0.450 e. The topological polar surface area (TPSA) is 58.6 Å². The molecule has 0 aromatic rings. The molecule has 0 aliphatic rings. The summed E-state index contributed by atoms with van der Waals surface area (Å²) in [6, 6.07) is 0. The third kappa shape index (κ3) is 8.54. The van der Waals surface area contributed by atoms with E-state index in [-0.39, 0.29) is 5.91 Å². The van der Waals surface area contributed by atoms with Gasteiger partial charge in [0.1, 0.15) is 0 Å². The van der Waals surface area contributed by atoms with Gasteiger partial charge in [-0.2, -0.15) is 0 Å². The minimum Gasteiger partial charge on any atom is -0.450 e. The zero-order valence-corrected chi connectivity index (χ0v) is 11.1. The Morgan fingerprint density at radius 2 is 1.88 bits per heavy atom. The number of hydrogen-bond acceptors (Lipinski definition) is 3. The van der Waals surface area contributed by atoms with Gasteiger partial charge in [0.2, 0.25) is 5.91 Å². The minimum absolute atomic E-state index is 0.0479. The van der Waals surface area contributed by atoms with Crippen molar-refractivity contribution in [3.8, 4) is 0 Å². The third-order valence-electron chi connectivity index (χ3n) is 2.40. The van der Waals surface area contributed by atoms with Gasteiger partial charge in [0.05, 0.1) is 6.61 Å². The van der Waals surface area contributed by atoms with Gasteiger partial charge in [0, 0.05) is 26.6 Å². The quantitative estimate of drug-likeness (QED) is 0.662. The molecule has 0 unspecified atom stereocenters. The average molecular weight is 244 g/mol. The molecule has 0 rings (SSSR count). The van der Waals surface area contributed by atoms with Crippen LogP contribution in [0, 0.1) is 0 Å². The van der Waals surface area contributed by atoms with Crippen molar-refractivity contribution < 1.29 is 14.3 Å². The van der Waals surface area contributed by atoms with Crippen molar-refractivity contribution in [1.82, 2.24) is 10.2 Å². The predicted octanol–water partition coefficient (Wildman–Crippen LogP) is 1.77. The molecule has 5 heteroatoms. The zero-order valence-electron chi connectivity index (χ0n) is 11.1. The van der Waals surface area contributed by atoms with Crippen LogP contribution in [0.15, 0.2) is 0 Å². The van der Waals surface area contributed by atoms with Gasteiger partial charge in [-0.3, -0.25) is 4.79 Å². The number of nitrogens with zero attached hydrogens (tertiary/aromatic N) is 1. The maximum atomic E-state index is 11.3. The molecular formula is C12H24N2O3. The number of alkyl carbamates (subject to hydrolysis) is 1. The maximum absolute atomic E-state index is 11.3. The number of hydrogen-bond donors (Lipinski definition) is 1. The Morgan fingerprint density at radius 3 is 2.41 bits per heavy atom. The van der Waals surface area contributed by atoms with Crippen LogP contribution in [0.2, 0.25) is 0 Å². The summed E-state index contributed by atoms with van der Waals surface area (Å²) in [5, 5.41) is 2.60. The Hall–Kier alpha value is -1.26. The highest BCUT2D eigenvalue weighted by atomic mass is 16.5. The van der Waals surface area contributed by atoms with Crippen molar-refractivity contribution in [1.29, 1.82) is 0 Å². The first-order chi connectivity index (χ1) is 8.11. The second-order valence-electron chi connectivity index (χ2n) is 3.86. The summed E-state index contributed by atoms with van der Waals surface area (Å²) < 4.78 is 4.73. The van der Waals surface area contributed by atoms with Crippen molar-refractivity contribution in [2.75, 3.05) is 26.2 Å². The van der Waals surface area contributed by atoms with Crippen LogP contribution < -0.4 is 5.32 Å². The van der Waals surface area contributed by atoms with Gasteiger partial charge in [-0.1, -0.05) is 19.8 Å². The maximum Gasteiger partial charge on any atom is 0.407 e. The van der Waals surface area contributed by atoms with Crippen LogP contribution in [0.4, 0.5) is 4.79 Å². The number of rotatable bonds is 8. The average Bonchev–Trinajstić information content (AvgIpc) is 2.27. The van der Waals surface area contributed by atoms with E-state index >= 15 is 0 Å². The molecule has 0 atom stereocenters. The normalized spacial score (nSPS) is 9.82. The Kier molecular flexibility index (Phi) is 9.19. The minimum atomic E-state index is -0.426. The smallest absolute Gasteiger partial charge is 0.407 e. The molecule has 0 bridgehead atoms. The zero-order chi connectivity index (χ0) is 13.1. The van der Waals surface area contributed by atoms with Crippen LogP contribution in [-0.2, 0) is 9.53 Å². The molecule has 1 N–H and O–H groups in total. The SMILES string of the molecule is CCCCCN(CCNC(=O)OCC)C(C)=O. The highest BCUT2D eigenvalue weighted by Crippen LogP contribution is 1.98. The summed E-state index contributed by atoms with van der Waals surface area (Å²) in [5.41, 5.74) is 0. The number of ether oxygens (including phenoxy) is 1. The van der Waals surface area contributed by atoms with Crippen LogP contribution in [-0.4, -0.2) is 43.1 Å². The second kappa shape index (κ2) is 9.93. The fourth-order valence-electron chi connectivity index (χ4n) is 1.45. The summed E-state index contributed by atoms with van der Waals surface area (Å²) >= 11 is 0. The lowest BCUT2D eigenvalue weighted by molar-refractivity contribution is -0.128.